The third kappa shape index (κ3) is 5.89. The van der Waals surface area contributed by atoms with Crippen molar-refractivity contribution in [1.29, 1.82) is 0 Å². The van der Waals surface area contributed by atoms with Gasteiger partial charge in [0, 0.05) is 18.5 Å². The van der Waals surface area contributed by atoms with Crippen LogP contribution in [0.2, 0.25) is 0 Å². The van der Waals surface area contributed by atoms with E-state index in [1.807, 2.05) is 0 Å². The van der Waals surface area contributed by atoms with Crippen LogP contribution < -0.4 is 4.90 Å². The topological polar surface area (TPSA) is 20.3 Å². The quantitative estimate of drug-likeness (QED) is 0.281. The maximum atomic E-state index is 13.6. The summed E-state index contributed by atoms with van der Waals surface area (Å²) in [5.41, 5.74) is -9.97. The molecule has 1 aliphatic rings. The van der Waals surface area contributed by atoms with Gasteiger partial charge < -0.3 is 4.90 Å². The first-order chi connectivity index (χ1) is 18.3. The zero-order valence-electron chi connectivity index (χ0n) is 19.7. The largest absolute Gasteiger partial charge is 0.416 e. The van der Waals surface area contributed by atoms with Gasteiger partial charge in [0.2, 0.25) is 5.91 Å². The Bertz CT molecular complexity index is 1380. The molecule has 1 fully saturated rings. The van der Waals surface area contributed by atoms with Crippen LogP contribution >= 0.6 is 0 Å². The Morgan fingerprint density at radius 2 is 1.00 bits per heavy atom. The number of hydrogen-bond donors (Lipinski definition) is 0. The summed E-state index contributed by atoms with van der Waals surface area (Å²) in [6.07, 6.45) is -20.9. The third-order valence-corrected chi connectivity index (χ3v) is 6.18. The average Bonchev–Trinajstić information content (AvgIpc) is 3.26. The van der Waals surface area contributed by atoms with E-state index in [0.29, 0.717) is 24.3 Å². The number of hydrogen-bond acceptors (Lipinski definition) is 1. The first kappa shape index (κ1) is 29.3. The lowest BCUT2D eigenvalue weighted by atomic mass is 9.89. The highest BCUT2D eigenvalue weighted by Crippen LogP contribution is 2.47. The molecule has 0 aliphatic carbocycles. The molecule has 2 nitrogen and oxygen atoms in total. The molecule has 0 spiro atoms. The number of anilines is 1. The van der Waals surface area contributed by atoms with Crippen molar-refractivity contribution in [1.82, 2.24) is 0 Å². The summed E-state index contributed by atoms with van der Waals surface area (Å²) < 4.78 is 163. The van der Waals surface area contributed by atoms with Crippen molar-refractivity contribution >= 4 is 11.6 Å². The third-order valence-electron chi connectivity index (χ3n) is 6.18. The second-order valence-corrected chi connectivity index (χ2v) is 8.94. The molecule has 214 valence electrons. The fraction of sp³-hybridized carbons (Fsp3) is 0.269. The van der Waals surface area contributed by atoms with Crippen molar-refractivity contribution in [3.8, 4) is 22.3 Å². The van der Waals surface area contributed by atoms with Crippen LogP contribution in [-0.4, -0.2) is 12.5 Å². The first-order valence-corrected chi connectivity index (χ1v) is 11.3. The van der Waals surface area contributed by atoms with Gasteiger partial charge in [0.15, 0.2) is 0 Å². The Kier molecular flexibility index (Phi) is 7.12. The van der Waals surface area contributed by atoms with Crippen LogP contribution in [-0.2, 0) is 29.5 Å². The SMILES string of the molecule is O=C1CCCN1c1cccc(-c2cc(C(F)(F)F)cc(C(F)(F)F)c2)c1-c1cc(C(F)(F)F)cc(C(F)(F)F)c1. The predicted octanol–water partition coefficient (Wildman–Crippen LogP) is 9.22. The Morgan fingerprint density at radius 3 is 1.38 bits per heavy atom. The minimum absolute atomic E-state index is 0.0310. The number of amides is 1. The summed E-state index contributed by atoms with van der Waals surface area (Å²) in [6, 6.07) is 4.13. The van der Waals surface area contributed by atoms with Gasteiger partial charge in [-0.3, -0.25) is 4.79 Å². The van der Waals surface area contributed by atoms with Crippen molar-refractivity contribution < 1.29 is 57.5 Å². The predicted molar refractivity (Wildman–Crippen MR) is 119 cm³/mol. The highest BCUT2D eigenvalue weighted by Gasteiger charge is 2.39. The molecule has 1 heterocycles. The molecule has 3 aromatic rings. The van der Waals surface area contributed by atoms with E-state index in [1.165, 1.54) is 0 Å². The number of benzene rings is 3. The molecule has 1 amide bonds. The van der Waals surface area contributed by atoms with Gasteiger partial charge in [0.1, 0.15) is 0 Å². The van der Waals surface area contributed by atoms with Gasteiger partial charge in [0.05, 0.1) is 27.9 Å². The minimum atomic E-state index is -5.30. The van der Waals surface area contributed by atoms with Crippen molar-refractivity contribution in [2.45, 2.75) is 37.5 Å². The lowest BCUT2D eigenvalue weighted by Gasteiger charge is -2.24. The van der Waals surface area contributed by atoms with E-state index in [4.69, 9.17) is 0 Å². The summed E-state index contributed by atoms with van der Waals surface area (Å²) in [6.45, 7) is -0.0310. The second-order valence-electron chi connectivity index (χ2n) is 8.94. The summed E-state index contributed by atoms with van der Waals surface area (Å²) in [4.78, 5) is 13.5. The van der Waals surface area contributed by atoms with Gasteiger partial charge in [-0.25, -0.2) is 0 Å². The van der Waals surface area contributed by atoms with Crippen molar-refractivity contribution in [3.05, 3.63) is 76.9 Å². The van der Waals surface area contributed by atoms with Crippen LogP contribution in [0.25, 0.3) is 22.3 Å². The van der Waals surface area contributed by atoms with Crippen molar-refractivity contribution in [2.24, 2.45) is 0 Å². The zero-order valence-corrected chi connectivity index (χ0v) is 19.7. The zero-order chi connectivity index (χ0) is 29.8. The summed E-state index contributed by atoms with van der Waals surface area (Å²) in [7, 11) is 0. The number of halogens is 12. The van der Waals surface area contributed by atoms with Gasteiger partial charge in [-0.15, -0.1) is 0 Å². The molecule has 0 bridgehead atoms. The Hall–Kier alpha value is -3.71. The molecule has 1 aliphatic heterocycles. The van der Waals surface area contributed by atoms with Crippen LogP contribution in [0.4, 0.5) is 58.4 Å². The lowest BCUT2D eigenvalue weighted by Crippen LogP contribution is -2.24. The molecule has 3 aromatic carbocycles. The molecule has 4 rings (SSSR count). The second kappa shape index (κ2) is 9.73. The number of alkyl halides is 12. The smallest absolute Gasteiger partial charge is 0.312 e. The van der Waals surface area contributed by atoms with Crippen molar-refractivity contribution in [3.63, 3.8) is 0 Å². The summed E-state index contributed by atoms with van der Waals surface area (Å²) in [5.74, 6) is -0.582. The van der Waals surface area contributed by atoms with Gasteiger partial charge in [-0.2, -0.15) is 52.7 Å². The molecule has 0 radical (unpaired) electrons. The van der Waals surface area contributed by atoms with Crippen molar-refractivity contribution in [2.75, 3.05) is 11.4 Å². The molecule has 14 heteroatoms. The van der Waals surface area contributed by atoms with E-state index in [0.717, 1.165) is 23.1 Å². The number of rotatable bonds is 3. The summed E-state index contributed by atoms with van der Waals surface area (Å²) >= 11 is 0. The first-order valence-electron chi connectivity index (χ1n) is 11.3. The maximum absolute atomic E-state index is 13.6. The standard InChI is InChI=1S/C26H15F12NO/c27-23(28,29)15-7-13(8-16(11-15)24(30,31)32)19-3-1-4-20(39-6-2-5-21(39)40)22(19)14-9-17(25(33,34)35)12-18(10-14)26(36,37)38/h1,3-4,7-12H,2,5-6H2. The molecule has 0 atom stereocenters. The van der Waals surface area contributed by atoms with E-state index in [-0.39, 0.29) is 37.2 Å². The van der Waals surface area contributed by atoms with E-state index < -0.39 is 75.1 Å². The molecule has 0 N–H and O–H groups in total. The molecule has 1 saturated heterocycles. The fourth-order valence-corrected chi connectivity index (χ4v) is 4.42. The summed E-state index contributed by atoms with van der Waals surface area (Å²) in [5, 5.41) is 0. The molecule has 0 unspecified atom stereocenters. The average molecular weight is 585 g/mol. The maximum Gasteiger partial charge on any atom is 0.416 e. The molecular weight excluding hydrogens is 570 g/mol. The normalized spacial score (nSPS) is 15.2. The minimum Gasteiger partial charge on any atom is -0.312 e. The van der Waals surface area contributed by atoms with Gasteiger partial charge in [-0.05, 0) is 65.6 Å². The van der Waals surface area contributed by atoms with Gasteiger partial charge in [-0.1, -0.05) is 12.1 Å². The molecule has 0 aromatic heterocycles. The molecule has 40 heavy (non-hydrogen) atoms. The molecular formula is C26H15F12NO. The highest BCUT2D eigenvalue weighted by atomic mass is 19.4. The van der Waals surface area contributed by atoms with Crippen LogP contribution in [0, 0.1) is 0 Å². The Labute approximate surface area is 217 Å². The van der Waals surface area contributed by atoms with Crippen LogP contribution in [0.3, 0.4) is 0 Å². The van der Waals surface area contributed by atoms with E-state index >= 15 is 0 Å². The monoisotopic (exact) mass is 585 g/mol. The van der Waals surface area contributed by atoms with Crippen LogP contribution in [0.1, 0.15) is 35.1 Å². The van der Waals surface area contributed by atoms with E-state index in [2.05, 4.69) is 0 Å². The van der Waals surface area contributed by atoms with Gasteiger partial charge >= 0.3 is 24.7 Å². The number of nitrogens with zero attached hydrogens (tertiary/aromatic N) is 1. The fourth-order valence-electron chi connectivity index (χ4n) is 4.42. The Balaban J connectivity index is 2.13. The number of carbonyl (C=O) groups excluding carboxylic acids is 1. The van der Waals surface area contributed by atoms with E-state index in [1.54, 1.807) is 0 Å². The number of carbonyl (C=O) groups is 1. The van der Waals surface area contributed by atoms with Crippen LogP contribution in [0.5, 0.6) is 0 Å². The van der Waals surface area contributed by atoms with Crippen LogP contribution in [0.15, 0.2) is 54.6 Å². The van der Waals surface area contributed by atoms with Gasteiger partial charge in [0.25, 0.3) is 0 Å². The highest BCUT2D eigenvalue weighted by molar-refractivity contribution is 6.03. The Morgan fingerprint density at radius 1 is 0.575 bits per heavy atom. The lowest BCUT2D eigenvalue weighted by molar-refractivity contribution is -0.144. The molecule has 0 saturated carbocycles. The van der Waals surface area contributed by atoms with E-state index in [9.17, 15) is 57.5 Å².